The number of ether oxygens (including phenoxy) is 1. The fraction of sp³-hybridized carbons (Fsp3) is 1.00. The molecule has 0 aromatic rings. The van der Waals surface area contributed by atoms with Gasteiger partial charge < -0.3 is 4.74 Å². The molecule has 1 fully saturated rings. The number of hydrogen-bond donors (Lipinski definition) is 0. The fourth-order valence-corrected chi connectivity index (χ4v) is 3.56. The van der Waals surface area contributed by atoms with Crippen LogP contribution >= 0.6 is 11.6 Å². The first kappa shape index (κ1) is 17.3. The average molecular weight is 289 g/mol. The van der Waals surface area contributed by atoms with Crippen molar-refractivity contribution in [2.45, 2.75) is 78.1 Å². The minimum atomic E-state index is 0.385. The maximum atomic E-state index is 6.27. The summed E-state index contributed by atoms with van der Waals surface area (Å²) in [5, 5.41) is 0. The van der Waals surface area contributed by atoms with Gasteiger partial charge in [-0.1, -0.05) is 39.5 Å². The number of unbranched alkanes of at least 4 members (excludes halogenated alkanes) is 2. The molecule has 0 bridgehead atoms. The Morgan fingerprint density at radius 1 is 1.05 bits per heavy atom. The van der Waals surface area contributed by atoms with Crippen LogP contribution in [0.3, 0.4) is 0 Å². The summed E-state index contributed by atoms with van der Waals surface area (Å²) in [4.78, 5) is 0. The van der Waals surface area contributed by atoms with E-state index in [0.717, 1.165) is 25.0 Å². The van der Waals surface area contributed by atoms with E-state index in [1.54, 1.807) is 0 Å². The van der Waals surface area contributed by atoms with Crippen LogP contribution in [0, 0.1) is 11.3 Å². The second kappa shape index (κ2) is 10.0. The molecule has 0 amide bonds. The molecule has 1 rings (SSSR count). The molecule has 0 aromatic carbocycles. The highest BCUT2D eigenvalue weighted by molar-refractivity contribution is 6.18. The van der Waals surface area contributed by atoms with Crippen molar-refractivity contribution in [3.05, 3.63) is 0 Å². The van der Waals surface area contributed by atoms with Gasteiger partial charge in [0.15, 0.2) is 0 Å². The summed E-state index contributed by atoms with van der Waals surface area (Å²) in [6.45, 7) is 6.33. The lowest BCUT2D eigenvalue weighted by Crippen LogP contribution is -2.30. The Morgan fingerprint density at radius 3 is 2.32 bits per heavy atom. The first-order chi connectivity index (χ1) is 9.26. The topological polar surface area (TPSA) is 9.23 Å². The lowest BCUT2D eigenvalue weighted by molar-refractivity contribution is 0.0721. The Bertz CT molecular complexity index is 204. The molecule has 0 saturated heterocycles. The van der Waals surface area contributed by atoms with Crippen LogP contribution in [0.2, 0.25) is 0 Å². The fourth-order valence-electron chi connectivity index (χ4n) is 3.16. The van der Waals surface area contributed by atoms with Gasteiger partial charge in [0.1, 0.15) is 0 Å². The Kier molecular flexibility index (Phi) is 9.15. The van der Waals surface area contributed by atoms with E-state index in [1.165, 1.54) is 64.2 Å². The summed E-state index contributed by atoms with van der Waals surface area (Å²) in [6.07, 6.45) is 13.2. The van der Waals surface area contributed by atoms with Gasteiger partial charge in [-0.3, -0.25) is 0 Å². The summed E-state index contributed by atoms with van der Waals surface area (Å²) < 4.78 is 5.74. The van der Waals surface area contributed by atoms with Gasteiger partial charge in [0.2, 0.25) is 0 Å². The molecule has 0 aromatic heterocycles. The van der Waals surface area contributed by atoms with Crippen LogP contribution in [-0.2, 0) is 4.74 Å². The summed E-state index contributed by atoms with van der Waals surface area (Å²) in [7, 11) is 0. The largest absolute Gasteiger partial charge is 0.381 e. The van der Waals surface area contributed by atoms with Crippen molar-refractivity contribution < 1.29 is 4.74 Å². The molecule has 0 heterocycles. The predicted octanol–water partition coefficient (Wildman–Crippen LogP) is 5.80. The molecule has 0 radical (unpaired) electrons. The zero-order valence-corrected chi connectivity index (χ0v) is 13.8. The van der Waals surface area contributed by atoms with Crippen LogP contribution in [0.25, 0.3) is 0 Å². The van der Waals surface area contributed by atoms with E-state index in [2.05, 4.69) is 13.8 Å². The van der Waals surface area contributed by atoms with Gasteiger partial charge in [0, 0.05) is 19.1 Å². The quantitative estimate of drug-likeness (QED) is 0.365. The maximum Gasteiger partial charge on any atom is 0.0471 e. The highest BCUT2D eigenvalue weighted by Gasteiger charge is 2.34. The van der Waals surface area contributed by atoms with Crippen LogP contribution in [0.1, 0.15) is 78.1 Å². The van der Waals surface area contributed by atoms with Gasteiger partial charge >= 0.3 is 0 Å². The molecule has 114 valence electrons. The number of halogens is 1. The van der Waals surface area contributed by atoms with E-state index in [-0.39, 0.29) is 0 Å². The normalized spacial score (nSPS) is 27.6. The van der Waals surface area contributed by atoms with E-state index >= 15 is 0 Å². The number of rotatable bonds is 10. The first-order valence-electron chi connectivity index (χ1n) is 8.40. The summed E-state index contributed by atoms with van der Waals surface area (Å²) in [5.74, 6) is 1.79. The van der Waals surface area contributed by atoms with E-state index < -0.39 is 0 Å². The average Bonchev–Trinajstić information content (AvgIpc) is 2.46. The minimum Gasteiger partial charge on any atom is -0.381 e. The molecule has 0 atom stereocenters. The van der Waals surface area contributed by atoms with Gasteiger partial charge in [-0.25, -0.2) is 0 Å². The van der Waals surface area contributed by atoms with Crippen molar-refractivity contribution in [1.82, 2.24) is 0 Å². The van der Waals surface area contributed by atoms with Gasteiger partial charge in [-0.2, -0.15) is 0 Å². The van der Waals surface area contributed by atoms with E-state index in [1.807, 2.05) is 0 Å². The highest BCUT2D eigenvalue weighted by atomic mass is 35.5. The molecule has 1 aliphatic carbocycles. The molecule has 1 aliphatic rings. The second-order valence-electron chi connectivity index (χ2n) is 6.44. The molecule has 2 heteroatoms. The standard InChI is InChI=1S/C17H33ClO/c1-3-5-7-16-8-10-17(15-18,11-9-16)12-14-19-13-6-4-2/h16H,3-15H2,1-2H3. The predicted molar refractivity (Wildman–Crippen MR) is 85.0 cm³/mol. The molecule has 0 spiro atoms. The summed E-state index contributed by atoms with van der Waals surface area (Å²) >= 11 is 6.27. The molecular formula is C17H33ClO. The van der Waals surface area contributed by atoms with Gasteiger partial charge in [0.25, 0.3) is 0 Å². The van der Waals surface area contributed by atoms with E-state index in [0.29, 0.717) is 5.41 Å². The van der Waals surface area contributed by atoms with Crippen molar-refractivity contribution in [2.24, 2.45) is 11.3 Å². The molecule has 0 unspecified atom stereocenters. The van der Waals surface area contributed by atoms with Crippen molar-refractivity contribution in [1.29, 1.82) is 0 Å². The first-order valence-corrected chi connectivity index (χ1v) is 8.93. The third kappa shape index (κ3) is 6.49. The number of hydrogen-bond acceptors (Lipinski definition) is 1. The Balaban J connectivity index is 2.22. The molecule has 0 aliphatic heterocycles. The summed E-state index contributed by atoms with van der Waals surface area (Å²) in [5.41, 5.74) is 0.385. The molecular weight excluding hydrogens is 256 g/mol. The Morgan fingerprint density at radius 2 is 1.74 bits per heavy atom. The zero-order valence-electron chi connectivity index (χ0n) is 13.1. The highest BCUT2D eigenvalue weighted by Crippen LogP contribution is 2.43. The second-order valence-corrected chi connectivity index (χ2v) is 6.70. The van der Waals surface area contributed by atoms with E-state index in [9.17, 15) is 0 Å². The van der Waals surface area contributed by atoms with Crippen molar-refractivity contribution in [3.8, 4) is 0 Å². The van der Waals surface area contributed by atoms with Gasteiger partial charge in [0.05, 0.1) is 0 Å². The Labute approximate surface area is 125 Å². The van der Waals surface area contributed by atoms with E-state index in [4.69, 9.17) is 16.3 Å². The van der Waals surface area contributed by atoms with Crippen LogP contribution in [0.5, 0.6) is 0 Å². The van der Waals surface area contributed by atoms with Crippen molar-refractivity contribution in [2.75, 3.05) is 19.1 Å². The third-order valence-corrected chi connectivity index (χ3v) is 5.40. The minimum absolute atomic E-state index is 0.385. The lowest BCUT2D eigenvalue weighted by Gasteiger charge is -2.39. The SMILES string of the molecule is CCCCOCCC1(CCl)CCC(CCCC)CC1. The van der Waals surface area contributed by atoms with Crippen molar-refractivity contribution >= 4 is 11.6 Å². The van der Waals surface area contributed by atoms with Crippen LogP contribution in [-0.4, -0.2) is 19.1 Å². The molecule has 1 nitrogen and oxygen atoms in total. The summed E-state index contributed by atoms with van der Waals surface area (Å²) in [6, 6.07) is 0. The Hall–Kier alpha value is 0.250. The molecule has 0 N–H and O–H groups in total. The third-order valence-electron chi connectivity index (χ3n) is 4.83. The van der Waals surface area contributed by atoms with Crippen LogP contribution in [0.15, 0.2) is 0 Å². The monoisotopic (exact) mass is 288 g/mol. The van der Waals surface area contributed by atoms with Crippen molar-refractivity contribution in [3.63, 3.8) is 0 Å². The van der Waals surface area contributed by atoms with Crippen LogP contribution in [0.4, 0.5) is 0 Å². The lowest BCUT2D eigenvalue weighted by atomic mass is 9.69. The zero-order chi connectivity index (χ0) is 14.0. The molecule has 1 saturated carbocycles. The van der Waals surface area contributed by atoms with Gasteiger partial charge in [-0.05, 0) is 49.9 Å². The van der Waals surface area contributed by atoms with Gasteiger partial charge in [-0.15, -0.1) is 11.6 Å². The maximum absolute atomic E-state index is 6.27. The van der Waals surface area contributed by atoms with Crippen LogP contribution < -0.4 is 0 Å². The smallest absolute Gasteiger partial charge is 0.0471 e. The number of alkyl halides is 1. The molecule has 19 heavy (non-hydrogen) atoms.